The number of hydrazone groups is 1. The highest BCUT2D eigenvalue weighted by Crippen LogP contribution is 2.00. The number of methoxy groups -OCH3 is 1. The number of aromatic nitrogens is 1. The van der Waals surface area contributed by atoms with Crippen molar-refractivity contribution in [1.82, 2.24) is 15.7 Å². The van der Waals surface area contributed by atoms with E-state index in [9.17, 15) is 14.4 Å². The molecule has 1 heterocycles. The summed E-state index contributed by atoms with van der Waals surface area (Å²) in [6, 6.07) is 5.12. The average molecular weight is 321 g/mol. The van der Waals surface area contributed by atoms with Crippen LogP contribution in [0.1, 0.15) is 13.3 Å². The molecule has 0 spiro atoms. The van der Waals surface area contributed by atoms with Gasteiger partial charge in [0.25, 0.3) is 0 Å². The standard InChI is InChI=1S/C14H19N5O4/c1-10(9-12(20)17-11-5-3-4-6-15-11)18-19-14(22)13(21)16-7-8-23-2/h3-6H,7-9H2,1-2H3,(H,16,21)(H,19,22)(H,15,17,20)/b18-10+. The lowest BCUT2D eigenvalue weighted by Gasteiger charge is -2.05. The van der Waals surface area contributed by atoms with Gasteiger partial charge in [-0.05, 0) is 19.1 Å². The zero-order valence-corrected chi connectivity index (χ0v) is 13.0. The fraction of sp³-hybridized carbons (Fsp3) is 0.357. The van der Waals surface area contributed by atoms with Crippen LogP contribution in [0.4, 0.5) is 5.82 Å². The minimum atomic E-state index is -0.911. The molecule has 124 valence electrons. The summed E-state index contributed by atoms with van der Waals surface area (Å²) in [6.07, 6.45) is 1.52. The van der Waals surface area contributed by atoms with Crippen LogP contribution in [-0.4, -0.2) is 48.7 Å². The molecule has 0 saturated carbocycles. The maximum atomic E-state index is 11.7. The van der Waals surface area contributed by atoms with E-state index < -0.39 is 11.8 Å². The quantitative estimate of drug-likeness (QED) is 0.275. The molecule has 0 aliphatic heterocycles. The van der Waals surface area contributed by atoms with Crippen LogP contribution >= 0.6 is 0 Å². The van der Waals surface area contributed by atoms with Gasteiger partial charge < -0.3 is 15.4 Å². The van der Waals surface area contributed by atoms with Gasteiger partial charge in [0.2, 0.25) is 5.91 Å². The van der Waals surface area contributed by atoms with Crippen molar-refractivity contribution in [3.63, 3.8) is 0 Å². The van der Waals surface area contributed by atoms with Crippen LogP contribution in [0.3, 0.4) is 0 Å². The SMILES string of the molecule is COCCNC(=O)C(=O)N/N=C(\C)CC(=O)Nc1ccccn1. The molecule has 1 aromatic heterocycles. The third-order valence-electron chi connectivity index (χ3n) is 2.50. The fourth-order valence-corrected chi connectivity index (χ4v) is 1.44. The number of nitrogens with one attached hydrogen (secondary N) is 3. The summed E-state index contributed by atoms with van der Waals surface area (Å²) in [6.45, 7) is 2.08. The lowest BCUT2D eigenvalue weighted by Crippen LogP contribution is -2.39. The monoisotopic (exact) mass is 321 g/mol. The first-order chi connectivity index (χ1) is 11.0. The summed E-state index contributed by atoms with van der Waals surface area (Å²) in [5, 5.41) is 8.63. The zero-order valence-electron chi connectivity index (χ0n) is 13.0. The van der Waals surface area contributed by atoms with Crippen molar-refractivity contribution in [3.8, 4) is 0 Å². The Morgan fingerprint density at radius 1 is 1.26 bits per heavy atom. The van der Waals surface area contributed by atoms with Gasteiger partial charge in [0.15, 0.2) is 0 Å². The molecule has 1 aromatic rings. The van der Waals surface area contributed by atoms with Gasteiger partial charge >= 0.3 is 11.8 Å². The molecule has 3 amide bonds. The summed E-state index contributed by atoms with van der Waals surface area (Å²) in [5.74, 6) is -1.64. The number of nitrogens with zero attached hydrogens (tertiary/aromatic N) is 2. The number of carbonyl (C=O) groups is 3. The predicted octanol–water partition coefficient (Wildman–Crippen LogP) is -0.335. The number of amides is 3. The molecule has 23 heavy (non-hydrogen) atoms. The van der Waals surface area contributed by atoms with Gasteiger partial charge in [0.05, 0.1) is 13.0 Å². The average Bonchev–Trinajstić information content (AvgIpc) is 2.53. The third-order valence-corrected chi connectivity index (χ3v) is 2.50. The molecule has 0 radical (unpaired) electrons. The molecule has 1 rings (SSSR count). The van der Waals surface area contributed by atoms with Gasteiger partial charge in [-0.2, -0.15) is 5.10 Å². The number of carbonyl (C=O) groups excluding carboxylic acids is 3. The van der Waals surface area contributed by atoms with E-state index >= 15 is 0 Å². The van der Waals surface area contributed by atoms with Gasteiger partial charge in [-0.3, -0.25) is 14.4 Å². The zero-order chi connectivity index (χ0) is 17.1. The van der Waals surface area contributed by atoms with Crippen molar-refractivity contribution >= 4 is 29.3 Å². The molecule has 0 bridgehead atoms. The van der Waals surface area contributed by atoms with Gasteiger partial charge in [0.1, 0.15) is 5.82 Å². The third kappa shape index (κ3) is 7.67. The highest BCUT2D eigenvalue weighted by atomic mass is 16.5. The van der Waals surface area contributed by atoms with Crippen LogP contribution in [0.2, 0.25) is 0 Å². The molecule has 9 heteroatoms. The highest BCUT2D eigenvalue weighted by molar-refractivity contribution is 6.35. The van der Waals surface area contributed by atoms with Crippen molar-refractivity contribution in [2.45, 2.75) is 13.3 Å². The number of hydrogen-bond donors (Lipinski definition) is 3. The van der Waals surface area contributed by atoms with Crippen LogP contribution in [0.5, 0.6) is 0 Å². The summed E-state index contributed by atoms with van der Waals surface area (Å²) in [7, 11) is 1.48. The van der Waals surface area contributed by atoms with E-state index in [1.54, 1.807) is 31.3 Å². The number of hydrogen-bond acceptors (Lipinski definition) is 6. The van der Waals surface area contributed by atoms with Gasteiger partial charge in [-0.1, -0.05) is 6.07 Å². The van der Waals surface area contributed by atoms with Gasteiger partial charge in [0, 0.05) is 25.6 Å². The number of rotatable bonds is 7. The Morgan fingerprint density at radius 2 is 2.04 bits per heavy atom. The molecule has 0 aromatic carbocycles. The molecule has 0 fully saturated rings. The van der Waals surface area contributed by atoms with E-state index in [-0.39, 0.29) is 18.9 Å². The highest BCUT2D eigenvalue weighted by Gasteiger charge is 2.12. The Balaban J connectivity index is 2.37. The summed E-state index contributed by atoms with van der Waals surface area (Å²) >= 11 is 0. The molecular formula is C14H19N5O4. The van der Waals surface area contributed by atoms with Crippen LogP contribution in [0.25, 0.3) is 0 Å². The van der Waals surface area contributed by atoms with Crippen LogP contribution in [0, 0.1) is 0 Å². The number of ether oxygens (including phenoxy) is 1. The first-order valence-corrected chi connectivity index (χ1v) is 6.84. The second-order valence-electron chi connectivity index (χ2n) is 4.48. The molecule has 0 aliphatic carbocycles. The normalized spacial score (nSPS) is 10.8. The predicted molar refractivity (Wildman–Crippen MR) is 83.6 cm³/mol. The maximum absolute atomic E-state index is 11.7. The van der Waals surface area contributed by atoms with E-state index in [1.807, 2.05) is 0 Å². The van der Waals surface area contributed by atoms with E-state index in [1.165, 1.54) is 7.11 Å². The fourth-order valence-electron chi connectivity index (χ4n) is 1.44. The van der Waals surface area contributed by atoms with Gasteiger partial charge in [-0.15, -0.1) is 0 Å². The smallest absolute Gasteiger partial charge is 0.329 e. The molecule has 3 N–H and O–H groups in total. The minimum Gasteiger partial charge on any atom is -0.383 e. The van der Waals surface area contributed by atoms with E-state index in [4.69, 9.17) is 4.74 Å². The maximum Gasteiger partial charge on any atom is 0.329 e. The minimum absolute atomic E-state index is 0.0395. The summed E-state index contributed by atoms with van der Waals surface area (Å²) in [5.41, 5.74) is 2.42. The first-order valence-electron chi connectivity index (χ1n) is 6.84. The Bertz CT molecular complexity index is 574. The second kappa shape index (κ2) is 10.0. The molecule has 0 unspecified atom stereocenters. The summed E-state index contributed by atoms with van der Waals surface area (Å²) in [4.78, 5) is 38.5. The lowest BCUT2D eigenvalue weighted by molar-refractivity contribution is -0.139. The molecule has 0 atom stereocenters. The topological polar surface area (TPSA) is 122 Å². The molecular weight excluding hydrogens is 302 g/mol. The lowest BCUT2D eigenvalue weighted by atomic mass is 10.3. The number of pyridine rings is 1. The molecule has 0 aliphatic rings. The van der Waals surface area contributed by atoms with Gasteiger partial charge in [-0.25, -0.2) is 10.4 Å². The Hall–Kier alpha value is -2.81. The van der Waals surface area contributed by atoms with Crippen molar-refractivity contribution in [2.24, 2.45) is 5.10 Å². The first kappa shape index (κ1) is 18.2. The van der Waals surface area contributed by atoms with E-state index in [0.29, 0.717) is 18.1 Å². The molecule has 0 saturated heterocycles. The Kier molecular flexibility index (Phi) is 7.94. The van der Waals surface area contributed by atoms with Crippen LogP contribution < -0.4 is 16.1 Å². The second-order valence-corrected chi connectivity index (χ2v) is 4.48. The van der Waals surface area contributed by atoms with Crippen LogP contribution in [-0.2, 0) is 19.1 Å². The van der Waals surface area contributed by atoms with Crippen molar-refractivity contribution in [1.29, 1.82) is 0 Å². The molecule has 9 nitrogen and oxygen atoms in total. The van der Waals surface area contributed by atoms with Crippen LogP contribution in [0.15, 0.2) is 29.5 Å². The van der Waals surface area contributed by atoms with Crippen molar-refractivity contribution < 1.29 is 19.1 Å². The van der Waals surface area contributed by atoms with E-state index in [2.05, 4.69) is 26.1 Å². The van der Waals surface area contributed by atoms with Crippen molar-refractivity contribution in [2.75, 3.05) is 25.6 Å². The number of anilines is 1. The van der Waals surface area contributed by atoms with E-state index in [0.717, 1.165) is 0 Å². The van der Waals surface area contributed by atoms with Crippen molar-refractivity contribution in [3.05, 3.63) is 24.4 Å². The Morgan fingerprint density at radius 3 is 2.70 bits per heavy atom. The largest absolute Gasteiger partial charge is 0.383 e. The summed E-state index contributed by atoms with van der Waals surface area (Å²) < 4.78 is 4.74. The Labute approximate surface area is 133 Å².